The number of anilines is 2. The third kappa shape index (κ3) is 3.96. The van der Waals surface area contributed by atoms with Crippen molar-refractivity contribution in [2.45, 2.75) is 19.9 Å². The minimum atomic E-state index is -0.114. The summed E-state index contributed by atoms with van der Waals surface area (Å²) in [7, 11) is 0. The van der Waals surface area contributed by atoms with E-state index < -0.39 is 0 Å². The first-order valence-electron chi connectivity index (χ1n) is 9.59. The van der Waals surface area contributed by atoms with E-state index in [1.807, 2.05) is 50.2 Å². The van der Waals surface area contributed by atoms with Crippen molar-refractivity contribution in [1.82, 2.24) is 9.97 Å². The van der Waals surface area contributed by atoms with E-state index in [1.54, 1.807) is 29.5 Å². The maximum absolute atomic E-state index is 13.1. The molecule has 0 saturated carbocycles. The molecule has 1 amide bonds. The molecule has 29 heavy (non-hydrogen) atoms. The fraction of sp³-hybridized carbons (Fsp3) is 0.174. The van der Waals surface area contributed by atoms with E-state index in [4.69, 9.17) is 4.42 Å². The van der Waals surface area contributed by atoms with Crippen molar-refractivity contribution in [2.24, 2.45) is 0 Å². The molecule has 6 nitrogen and oxygen atoms in total. The van der Waals surface area contributed by atoms with Crippen molar-refractivity contribution >= 4 is 28.6 Å². The van der Waals surface area contributed by atoms with Gasteiger partial charge >= 0.3 is 0 Å². The SMILES string of the molecule is CCN(C(=O)c1ccc2occc2c1)c1ccnc(N[C@@H](C)c2ccccc2)n1. The van der Waals surface area contributed by atoms with Gasteiger partial charge < -0.3 is 9.73 Å². The minimum Gasteiger partial charge on any atom is -0.464 e. The number of fused-ring (bicyclic) bond motifs is 1. The van der Waals surface area contributed by atoms with Gasteiger partial charge in [0.25, 0.3) is 5.91 Å². The molecule has 0 fully saturated rings. The number of hydrogen-bond donors (Lipinski definition) is 1. The predicted octanol–water partition coefficient (Wildman–Crippen LogP) is 5.06. The predicted molar refractivity (Wildman–Crippen MR) is 114 cm³/mol. The molecule has 0 aliphatic rings. The summed E-state index contributed by atoms with van der Waals surface area (Å²) in [5.41, 5.74) is 2.48. The van der Waals surface area contributed by atoms with E-state index in [9.17, 15) is 4.79 Å². The molecule has 1 atom stereocenters. The Labute approximate surface area is 169 Å². The van der Waals surface area contributed by atoms with Crippen LogP contribution < -0.4 is 10.2 Å². The molecule has 4 rings (SSSR count). The third-order valence-corrected chi connectivity index (χ3v) is 4.82. The lowest BCUT2D eigenvalue weighted by molar-refractivity contribution is 0.0987. The van der Waals surface area contributed by atoms with Gasteiger partial charge in [-0.25, -0.2) is 4.98 Å². The van der Waals surface area contributed by atoms with Gasteiger partial charge in [0, 0.05) is 23.7 Å². The number of rotatable bonds is 6. The van der Waals surface area contributed by atoms with Gasteiger partial charge in [-0.3, -0.25) is 9.69 Å². The Kier molecular flexibility index (Phi) is 5.24. The zero-order valence-corrected chi connectivity index (χ0v) is 16.4. The number of hydrogen-bond acceptors (Lipinski definition) is 5. The van der Waals surface area contributed by atoms with Crippen molar-refractivity contribution in [3.63, 3.8) is 0 Å². The van der Waals surface area contributed by atoms with Crippen molar-refractivity contribution < 1.29 is 9.21 Å². The average Bonchev–Trinajstić information content (AvgIpc) is 3.23. The van der Waals surface area contributed by atoms with Crippen LogP contribution in [0.3, 0.4) is 0 Å². The molecule has 2 heterocycles. The minimum absolute atomic E-state index is 0.0423. The van der Waals surface area contributed by atoms with Gasteiger partial charge in [-0.2, -0.15) is 4.98 Å². The number of amides is 1. The molecule has 146 valence electrons. The number of nitrogens with zero attached hydrogens (tertiary/aromatic N) is 3. The largest absolute Gasteiger partial charge is 0.464 e. The van der Waals surface area contributed by atoms with Gasteiger partial charge in [-0.15, -0.1) is 0 Å². The Hall–Kier alpha value is -3.67. The number of benzene rings is 2. The highest BCUT2D eigenvalue weighted by Gasteiger charge is 2.19. The Balaban J connectivity index is 1.57. The molecule has 0 radical (unpaired) electrons. The first-order valence-corrected chi connectivity index (χ1v) is 9.59. The summed E-state index contributed by atoms with van der Waals surface area (Å²) in [5.74, 6) is 0.925. The van der Waals surface area contributed by atoms with E-state index in [0.717, 1.165) is 16.5 Å². The Morgan fingerprint density at radius 1 is 1.14 bits per heavy atom. The summed E-state index contributed by atoms with van der Waals surface area (Å²) < 4.78 is 5.36. The monoisotopic (exact) mass is 386 g/mol. The standard InChI is InChI=1S/C23H22N4O2/c1-3-27(22(28)19-9-10-20-18(15-19)12-14-29-20)21-11-13-24-23(26-21)25-16(2)17-7-5-4-6-8-17/h4-16H,3H2,1-2H3,(H,24,25,26)/t16-/m0/s1. The van der Waals surface area contributed by atoms with E-state index >= 15 is 0 Å². The van der Waals surface area contributed by atoms with Crippen LogP contribution in [0.2, 0.25) is 0 Å². The van der Waals surface area contributed by atoms with Crippen molar-refractivity contribution in [1.29, 1.82) is 0 Å². The molecule has 0 aliphatic carbocycles. The van der Waals surface area contributed by atoms with Crippen LogP contribution in [0.1, 0.15) is 35.8 Å². The summed E-state index contributed by atoms with van der Waals surface area (Å²) >= 11 is 0. The second-order valence-corrected chi connectivity index (χ2v) is 6.74. The summed E-state index contributed by atoms with van der Waals surface area (Å²) in [6.07, 6.45) is 3.28. The highest BCUT2D eigenvalue weighted by molar-refractivity contribution is 6.07. The van der Waals surface area contributed by atoms with Crippen LogP contribution in [0.4, 0.5) is 11.8 Å². The van der Waals surface area contributed by atoms with Crippen molar-refractivity contribution in [3.8, 4) is 0 Å². The first kappa shape index (κ1) is 18.7. The lowest BCUT2D eigenvalue weighted by Crippen LogP contribution is -2.31. The lowest BCUT2D eigenvalue weighted by atomic mass is 10.1. The molecular weight excluding hydrogens is 364 g/mol. The number of furan rings is 1. The molecule has 1 N–H and O–H groups in total. The topological polar surface area (TPSA) is 71.3 Å². The normalized spacial score (nSPS) is 11.9. The first-order chi connectivity index (χ1) is 14.2. The van der Waals surface area contributed by atoms with Gasteiger partial charge in [0.1, 0.15) is 11.4 Å². The summed E-state index contributed by atoms with van der Waals surface area (Å²) in [6.45, 7) is 4.47. The molecule has 4 aromatic rings. The van der Waals surface area contributed by atoms with Crippen LogP contribution in [0.25, 0.3) is 11.0 Å². The fourth-order valence-electron chi connectivity index (χ4n) is 3.25. The Morgan fingerprint density at radius 2 is 1.97 bits per heavy atom. The molecule has 0 aliphatic heterocycles. The highest BCUT2D eigenvalue weighted by atomic mass is 16.3. The zero-order valence-electron chi connectivity index (χ0n) is 16.4. The summed E-state index contributed by atoms with van der Waals surface area (Å²) in [5, 5.41) is 4.20. The van der Waals surface area contributed by atoms with Crippen LogP contribution in [0.5, 0.6) is 0 Å². The van der Waals surface area contributed by atoms with Gasteiger partial charge in [0.2, 0.25) is 5.95 Å². The van der Waals surface area contributed by atoms with Crippen LogP contribution in [0.15, 0.2) is 77.5 Å². The maximum atomic E-state index is 13.1. The lowest BCUT2D eigenvalue weighted by Gasteiger charge is -2.21. The van der Waals surface area contributed by atoms with Crippen molar-refractivity contribution in [3.05, 3.63) is 84.3 Å². The van der Waals surface area contributed by atoms with Gasteiger partial charge in [-0.1, -0.05) is 30.3 Å². The molecular formula is C23H22N4O2. The van der Waals surface area contributed by atoms with Crippen LogP contribution >= 0.6 is 0 Å². The number of carbonyl (C=O) groups excluding carboxylic acids is 1. The number of nitrogens with one attached hydrogen (secondary N) is 1. The third-order valence-electron chi connectivity index (χ3n) is 4.82. The van der Waals surface area contributed by atoms with Crippen LogP contribution in [-0.4, -0.2) is 22.4 Å². The Bertz CT molecular complexity index is 1120. The van der Waals surface area contributed by atoms with Gasteiger partial charge in [0.15, 0.2) is 0 Å². The van der Waals surface area contributed by atoms with E-state index in [0.29, 0.717) is 23.9 Å². The van der Waals surface area contributed by atoms with Crippen LogP contribution in [-0.2, 0) is 0 Å². The second-order valence-electron chi connectivity index (χ2n) is 6.74. The van der Waals surface area contributed by atoms with Gasteiger partial charge in [-0.05, 0) is 49.7 Å². The second kappa shape index (κ2) is 8.14. The number of carbonyl (C=O) groups is 1. The van der Waals surface area contributed by atoms with Crippen molar-refractivity contribution in [2.75, 3.05) is 16.8 Å². The molecule has 0 saturated heterocycles. The summed E-state index contributed by atoms with van der Waals surface area (Å²) in [4.78, 5) is 23.6. The van der Waals surface area contributed by atoms with E-state index in [2.05, 4.69) is 27.4 Å². The molecule has 0 unspecified atom stereocenters. The Morgan fingerprint density at radius 3 is 2.76 bits per heavy atom. The van der Waals surface area contributed by atoms with E-state index in [1.165, 1.54) is 0 Å². The quantitative estimate of drug-likeness (QED) is 0.501. The molecule has 2 aromatic heterocycles. The van der Waals surface area contributed by atoms with Gasteiger partial charge in [0.05, 0.1) is 12.3 Å². The smallest absolute Gasteiger partial charge is 0.259 e. The molecule has 2 aromatic carbocycles. The fourth-order valence-corrected chi connectivity index (χ4v) is 3.25. The van der Waals surface area contributed by atoms with Crippen LogP contribution in [0, 0.1) is 0 Å². The maximum Gasteiger partial charge on any atom is 0.259 e. The molecule has 0 spiro atoms. The zero-order chi connectivity index (χ0) is 20.2. The molecule has 6 heteroatoms. The van der Waals surface area contributed by atoms with E-state index in [-0.39, 0.29) is 11.9 Å². The highest BCUT2D eigenvalue weighted by Crippen LogP contribution is 2.22. The molecule has 0 bridgehead atoms. The summed E-state index contributed by atoms with van der Waals surface area (Å²) in [6, 6.07) is 19.1. The number of aromatic nitrogens is 2. The average molecular weight is 386 g/mol.